The van der Waals surface area contributed by atoms with Crippen LogP contribution in [0.15, 0.2) is 58.4 Å². The first-order valence-corrected chi connectivity index (χ1v) is 12.8. The van der Waals surface area contributed by atoms with Gasteiger partial charge in [0, 0.05) is 35.6 Å². The highest BCUT2D eigenvalue weighted by molar-refractivity contribution is 7.10. The predicted molar refractivity (Wildman–Crippen MR) is 139 cm³/mol. The fraction of sp³-hybridized carbons (Fsp3) is 0.231. The zero-order valence-corrected chi connectivity index (χ0v) is 20.8. The van der Waals surface area contributed by atoms with E-state index in [0.717, 1.165) is 28.9 Å². The summed E-state index contributed by atoms with van der Waals surface area (Å²) in [7, 11) is 0. The van der Waals surface area contributed by atoms with E-state index in [2.05, 4.69) is 30.9 Å². The number of nitrogens with zero attached hydrogens (tertiary/aromatic N) is 5. The van der Waals surface area contributed by atoms with Crippen LogP contribution in [0.1, 0.15) is 50.4 Å². The maximum Gasteiger partial charge on any atom is 0.275 e. The third-order valence-corrected chi connectivity index (χ3v) is 7.59. The Labute approximate surface area is 215 Å². The summed E-state index contributed by atoms with van der Waals surface area (Å²) in [6.45, 7) is 2.97. The lowest BCUT2D eigenvalue weighted by Gasteiger charge is -2.31. The van der Waals surface area contributed by atoms with Crippen LogP contribution in [0.5, 0.6) is 0 Å². The smallest absolute Gasteiger partial charge is 0.275 e. The summed E-state index contributed by atoms with van der Waals surface area (Å²) in [5.74, 6) is 0.372. The number of benzene rings is 2. The number of likely N-dealkylation sites (tertiary alicyclic amines) is 1. The van der Waals surface area contributed by atoms with Crippen LogP contribution in [-0.4, -0.2) is 55.4 Å². The Balaban J connectivity index is 1.10. The number of rotatable bonds is 5. The van der Waals surface area contributed by atoms with E-state index >= 15 is 0 Å². The molecule has 37 heavy (non-hydrogen) atoms. The molecular weight excluding hydrogens is 490 g/mol. The fourth-order valence-electron chi connectivity index (χ4n) is 4.60. The van der Waals surface area contributed by atoms with Gasteiger partial charge in [-0.05, 0) is 38.0 Å². The molecule has 2 aromatic carbocycles. The molecule has 11 heteroatoms. The van der Waals surface area contributed by atoms with Crippen LogP contribution in [0.25, 0.3) is 22.3 Å². The summed E-state index contributed by atoms with van der Waals surface area (Å²) in [6, 6.07) is 14.9. The van der Waals surface area contributed by atoms with Gasteiger partial charge in [-0.1, -0.05) is 35.5 Å². The largest absolute Gasteiger partial charge is 0.360 e. The van der Waals surface area contributed by atoms with E-state index in [1.165, 1.54) is 11.3 Å². The number of anilines is 1. The van der Waals surface area contributed by atoms with Crippen molar-refractivity contribution in [3.63, 3.8) is 0 Å². The molecule has 1 aliphatic rings. The highest BCUT2D eigenvalue weighted by Crippen LogP contribution is 2.33. The molecule has 1 saturated heterocycles. The van der Waals surface area contributed by atoms with Crippen molar-refractivity contribution in [3.8, 4) is 11.3 Å². The number of thiazole rings is 1. The number of hydrogen-bond donors (Lipinski definition) is 2. The molecule has 0 aliphatic carbocycles. The molecule has 0 unspecified atom stereocenters. The number of fused-ring (bicyclic) bond motifs is 1. The fourth-order valence-corrected chi connectivity index (χ4v) is 5.57. The van der Waals surface area contributed by atoms with Gasteiger partial charge in [0.1, 0.15) is 33.7 Å². The minimum atomic E-state index is -0.269. The van der Waals surface area contributed by atoms with E-state index in [-0.39, 0.29) is 17.7 Å². The molecule has 6 rings (SSSR count). The number of aromatic amines is 1. The number of aryl methyl sites for hydroxylation is 1. The van der Waals surface area contributed by atoms with Crippen LogP contribution in [0.2, 0.25) is 0 Å². The average molecular weight is 514 g/mol. The molecule has 1 fully saturated rings. The van der Waals surface area contributed by atoms with Gasteiger partial charge in [-0.3, -0.25) is 9.59 Å². The van der Waals surface area contributed by atoms with Gasteiger partial charge in [0.15, 0.2) is 0 Å². The lowest BCUT2D eigenvalue weighted by Crippen LogP contribution is -2.38. The SMILES string of the molecule is Cc1onc(-c2ccccc2)c1C(=O)N1CCC(c2nc(C(=O)Nc3ccc4n[nH]nc4c3)cs2)CC1. The average Bonchev–Trinajstić information content (AvgIpc) is 3.68. The summed E-state index contributed by atoms with van der Waals surface area (Å²) in [5, 5.41) is 20.3. The minimum Gasteiger partial charge on any atom is -0.360 e. The number of amides is 2. The zero-order chi connectivity index (χ0) is 25.4. The highest BCUT2D eigenvalue weighted by atomic mass is 32.1. The molecule has 0 spiro atoms. The van der Waals surface area contributed by atoms with Crippen molar-refractivity contribution in [3.05, 3.63) is 75.9 Å². The maximum absolute atomic E-state index is 13.4. The molecular formula is C26H23N7O3S. The number of carbonyl (C=O) groups excluding carboxylic acids is 2. The van der Waals surface area contributed by atoms with Gasteiger partial charge in [-0.15, -0.1) is 11.3 Å². The van der Waals surface area contributed by atoms with Crippen molar-refractivity contribution in [1.29, 1.82) is 0 Å². The van der Waals surface area contributed by atoms with Crippen LogP contribution in [-0.2, 0) is 0 Å². The van der Waals surface area contributed by atoms with Crippen molar-refractivity contribution in [2.24, 2.45) is 0 Å². The van der Waals surface area contributed by atoms with Crippen LogP contribution in [0.4, 0.5) is 5.69 Å². The molecule has 2 N–H and O–H groups in total. The van der Waals surface area contributed by atoms with E-state index in [1.807, 2.05) is 35.2 Å². The summed E-state index contributed by atoms with van der Waals surface area (Å²) in [6.07, 6.45) is 1.54. The van der Waals surface area contributed by atoms with Crippen molar-refractivity contribution in [2.45, 2.75) is 25.7 Å². The Bertz CT molecular complexity index is 1580. The first-order chi connectivity index (χ1) is 18.1. The Morgan fingerprint density at radius 3 is 2.68 bits per heavy atom. The molecule has 0 atom stereocenters. The van der Waals surface area contributed by atoms with Crippen molar-refractivity contribution in [2.75, 3.05) is 18.4 Å². The zero-order valence-electron chi connectivity index (χ0n) is 20.0. The van der Waals surface area contributed by atoms with Crippen molar-refractivity contribution < 1.29 is 14.1 Å². The molecule has 2 amide bonds. The third-order valence-electron chi connectivity index (χ3n) is 6.58. The summed E-state index contributed by atoms with van der Waals surface area (Å²) in [4.78, 5) is 32.6. The summed E-state index contributed by atoms with van der Waals surface area (Å²) in [5.41, 5.74) is 4.36. The van der Waals surface area contributed by atoms with Crippen LogP contribution in [0.3, 0.4) is 0 Å². The van der Waals surface area contributed by atoms with Crippen LogP contribution < -0.4 is 5.32 Å². The number of hydrogen-bond acceptors (Lipinski definition) is 8. The van der Waals surface area contributed by atoms with Gasteiger partial charge in [0.2, 0.25) is 0 Å². The quantitative estimate of drug-likeness (QED) is 0.350. The Morgan fingerprint density at radius 2 is 1.86 bits per heavy atom. The topological polar surface area (TPSA) is 130 Å². The normalized spacial score (nSPS) is 14.2. The van der Waals surface area contributed by atoms with Crippen molar-refractivity contribution >= 4 is 39.9 Å². The first kappa shape index (κ1) is 23.0. The van der Waals surface area contributed by atoms with Gasteiger partial charge in [0.05, 0.1) is 5.01 Å². The highest BCUT2D eigenvalue weighted by Gasteiger charge is 2.31. The molecule has 0 saturated carbocycles. The lowest BCUT2D eigenvalue weighted by atomic mass is 9.96. The number of nitrogens with one attached hydrogen (secondary N) is 2. The van der Waals surface area contributed by atoms with Gasteiger partial charge in [-0.2, -0.15) is 15.4 Å². The molecule has 4 heterocycles. The number of piperidine rings is 1. The molecule has 186 valence electrons. The lowest BCUT2D eigenvalue weighted by molar-refractivity contribution is 0.0711. The van der Waals surface area contributed by atoms with E-state index in [0.29, 0.717) is 47.0 Å². The molecule has 3 aromatic heterocycles. The van der Waals surface area contributed by atoms with Gasteiger partial charge >= 0.3 is 0 Å². The number of aromatic nitrogens is 5. The van der Waals surface area contributed by atoms with Gasteiger partial charge < -0.3 is 14.7 Å². The third kappa shape index (κ3) is 4.49. The van der Waals surface area contributed by atoms with E-state index < -0.39 is 0 Å². The summed E-state index contributed by atoms with van der Waals surface area (Å²) < 4.78 is 5.39. The molecule has 1 aliphatic heterocycles. The van der Waals surface area contributed by atoms with E-state index in [9.17, 15) is 9.59 Å². The maximum atomic E-state index is 13.4. The Kier molecular flexibility index (Phi) is 5.97. The minimum absolute atomic E-state index is 0.0701. The van der Waals surface area contributed by atoms with Crippen LogP contribution in [0, 0.1) is 6.92 Å². The summed E-state index contributed by atoms with van der Waals surface area (Å²) >= 11 is 1.48. The Hall–Kier alpha value is -4.38. The van der Waals surface area contributed by atoms with Gasteiger partial charge in [-0.25, -0.2) is 4.98 Å². The standard InChI is InChI=1S/C26H23N7O3S/c1-15-22(23(31-36-15)16-5-3-2-4-6-16)26(35)33-11-9-17(10-12-33)25-28-21(14-37-25)24(34)27-18-7-8-19-20(13-18)30-32-29-19/h2-8,13-14,17H,9-12H2,1H3,(H,27,34)(H,29,30,32). The second-order valence-corrected chi connectivity index (χ2v) is 9.84. The monoisotopic (exact) mass is 513 g/mol. The van der Waals surface area contributed by atoms with Crippen LogP contribution >= 0.6 is 11.3 Å². The predicted octanol–water partition coefficient (Wildman–Crippen LogP) is 4.65. The number of carbonyl (C=O) groups is 2. The second kappa shape index (κ2) is 9.58. The van der Waals surface area contributed by atoms with E-state index in [1.54, 1.807) is 30.5 Å². The second-order valence-electron chi connectivity index (χ2n) is 8.95. The molecule has 10 nitrogen and oxygen atoms in total. The molecule has 0 radical (unpaired) electrons. The number of H-pyrrole nitrogens is 1. The first-order valence-electron chi connectivity index (χ1n) is 11.9. The van der Waals surface area contributed by atoms with Gasteiger partial charge in [0.25, 0.3) is 11.8 Å². The van der Waals surface area contributed by atoms with Crippen molar-refractivity contribution in [1.82, 2.24) is 30.5 Å². The Morgan fingerprint density at radius 1 is 1.08 bits per heavy atom. The molecule has 0 bridgehead atoms. The molecule has 5 aromatic rings. The van der Waals surface area contributed by atoms with E-state index in [4.69, 9.17) is 4.52 Å².